The average molecular weight is 767 g/mol. The van der Waals surface area contributed by atoms with Gasteiger partial charge in [-0.2, -0.15) is 0 Å². The zero-order chi connectivity index (χ0) is 40.1. The number of halogens is 2. The highest BCUT2D eigenvalue weighted by atomic mass is 19.1. The highest BCUT2D eigenvalue weighted by Gasteiger charge is 2.18. The van der Waals surface area contributed by atoms with Crippen LogP contribution in [0.25, 0.3) is 0 Å². The molecule has 14 heteroatoms. The molecule has 0 aliphatic carbocycles. The van der Waals surface area contributed by atoms with E-state index in [2.05, 4.69) is 33.8 Å². The zero-order valence-electron chi connectivity index (χ0n) is 30.4. The number of aliphatic imine (C=N–C) groups is 2. The standard InChI is InChI=1S/C42H40F2N4O8/c1-3-39(49)55-23-7-5-21-53-33-15-11-31(12-16-33)45-27-29-9-19-37(35(43)25-29)47-41(51)42(52)48-38-20-10-30(26-36(38)44)28-46-32-13-17-34(18-14-32)54-22-6-8-24-56-40(50)4-2/h3-4,9-20,25-28H,1-2,5-8,21-24H2,(H,47,51)(H,48,52)/b45-27+,46-28+. The van der Waals surface area contributed by atoms with Crippen LogP contribution in [-0.4, -0.2) is 62.6 Å². The molecule has 2 N–H and O–H groups in total. The molecule has 12 nitrogen and oxygen atoms in total. The van der Waals surface area contributed by atoms with E-state index in [-0.39, 0.29) is 11.4 Å². The van der Waals surface area contributed by atoms with Gasteiger partial charge < -0.3 is 29.6 Å². The van der Waals surface area contributed by atoms with Gasteiger partial charge in [-0.05, 0) is 110 Å². The van der Waals surface area contributed by atoms with E-state index in [4.69, 9.17) is 18.9 Å². The van der Waals surface area contributed by atoms with Crippen LogP contribution < -0.4 is 20.1 Å². The van der Waals surface area contributed by atoms with Crippen molar-refractivity contribution in [1.29, 1.82) is 0 Å². The Morgan fingerprint density at radius 1 is 0.554 bits per heavy atom. The molecule has 0 aliphatic rings. The van der Waals surface area contributed by atoms with Gasteiger partial charge in [0.2, 0.25) is 0 Å². The fourth-order valence-corrected chi connectivity index (χ4v) is 4.59. The fourth-order valence-electron chi connectivity index (χ4n) is 4.59. The Hall–Kier alpha value is -6.96. The van der Waals surface area contributed by atoms with Gasteiger partial charge in [-0.1, -0.05) is 25.3 Å². The zero-order valence-corrected chi connectivity index (χ0v) is 30.4. The first-order valence-corrected chi connectivity index (χ1v) is 17.5. The second kappa shape index (κ2) is 22.3. The van der Waals surface area contributed by atoms with E-state index >= 15 is 0 Å². The number of anilines is 2. The molecule has 0 spiro atoms. The molecule has 0 aromatic heterocycles. The number of carbonyl (C=O) groups is 4. The summed E-state index contributed by atoms with van der Waals surface area (Å²) in [7, 11) is 0. The average Bonchev–Trinajstić information content (AvgIpc) is 3.21. The van der Waals surface area contributed by atoms with Crippen molar-refractivity contribution >= 4 is 58.9 Å². The van der Waals surface area contributed by atoms with Gasteiger partial charge >= 0.3 is 23.8 Å². The van der Waals surface area contributed by atoms with Crippen molar-refractivity contribution in [3.63, 3.8) is 0 Å². The SMILES string of the molecule is C=CC(=O)OCCCCOc1ccc(/N=C/c2ccc(NC(=O)C(=O)Nc3ccc(/C=N/c4ccc(OCCCCOC(=O)C=C)cc4)cc3F)c(F)c2)cc1. The number of esters is 2. The number of hydrogen-bond donors (Lipinski definition) is 2. The summed E-state index contributed by atoms with van der Waals surface area (Å²) in [6, 6.07) is 21.7. The van der Waals surface area contributed by atoms with Crippen molar-refractivity contribution < 1.29 is 46.9 Å². The van der Waals surface area contributed by atoms with Gasteiger partial charge in [0.05, 0.1) is 49.2 Å². The predicted octanol–water partition coefficient (Wildman–Crippen LogP) is 7.82. The van der Waals surface area contributed by atoms with E-state index in [0.717, 1.165) is 24.3 Å². The second-order valence-corrected chi connectivity index (χ2v) is 11.7. The van der Waals surface area contributed by atoms with Crippen LogP contribution >= 0.6 is 0 Å². The lowest BCUT2D eigenvalue weighted by Crippen LogP contribution is -2.29. The van der Waals surface area contributed by atoms with E-state index in [9.17, 15) is 28.0 Å². The molecule has 0 radical (unpaired) electrons. The van der Waals surface area contributed by atoms with Gasteiger partial charge in [0.25, 0.3) is 0 Å². The van der Waals surface area contributed by atoms with Crippen LogP contribution in [0.3, 0.4) is 0 Å². The number of amides is 2. The Bertz CT molecular complexity index is 1900. The number of nitrogens with zero attached hydrogens (tertiary/aromatic N) is 2. The molecule has 2 amide bonds. The lowest BCUT2D eigenvalue weighted by Gasteiger charge is -2.09. The molecule has 0 saturated carbocycles. The molecular formula is C42H40F2N4O8. The summed E-state index contributed by atoms with van der Waals surface area (Å²) < 4.78 is 50.8. The highest BCUT2D eigenvalue weighted by Crippen LogP contribution is 2.22. The van der Waals surface area contributed by atoms with Gasteiger partial charge in [0, 0.05) is 24.6 Å². The number of benzene rings is 4. The van der Waals surface area contributed by atoms with Crippen molar-refractivity contribution in [2.45, 2.75) is 25.7 Å². The Morgan fingerprint density at radius 3 is 1.29 bits per heavy atom. The van der Waals surface area contributed by atoms with Crippen molar-refractivity contribution in [3.05, 3.63) is 133 Å². The van der Waals surface area contributed by atoms with Gasteiger partial charge in [0.1, 0.15) is 23.1 Å². The quantitative estimate of drug-likeness (QED) is 0.0304. The normalized spacial score (nSPS) is 10.8. The largest absolute Gasteiger partial charge is 0.494 e. The van der Waals surface area contributed by atoms with Crippen LogP contribution in [0, 0.1) is 11.6 Å². The summed E-state index contributed by atoms with van der Waals surface area (Å²) in [4.78, 5) is 55.7. The van der Waals surface area contributed by atoms with Crippen molar-refractivity contribution in [3.8, 4) is 11.5 Å². The molecule has 0 aliphatic heterocycles. The van der Waals surface area contributed by atoms with Gasteiger partial charge in [-0.15, -0.1) is 0 Å². The van der Waals surface area contributed by atoms with Crippen molar-refractivity contribution in [2.75, 3.05) is 37.1 Å². The Balaban J connectivity index is 1.20. The summed E-state index contributed by atoms with van der Waals surface area (Å²) in [5.74, 6) is -3.67. The molecule has 0 atom stereocenters. The van der Waals surface area contributed by atoms with Crippen molar-refractivity contribution in [1.82, 2.24) is 0 Å². The van der Waals surface area contributed by atoms with Gasteiger partial charge in [-0.25, -0.2) is 18.4 Å². The summed E-state index contributed by atoms with van der Waals surface area (Å²) in [5, 5.41) is 4.38. The topological polar surface area (TPSA) is 154 Å². The van der Waals surface area contributed by atoms with E-state index < -0.39 is 35.4 Å². The molecule has 290 valence electrons. The molecular weight excluding hydrogens is 726 g/mol. The smallest absolute Gasteiger partial charge is 0.330 e. The summed E-state index contributed by atoms with van der Waals surface area (Å²) >= 11 is 0. The molecule has 4 rings (SSSR count). The minimum Gasteiger partial charge on any atom is -0.494 e. The molecule has 4 aromatic carbocycles. The highest BCUT2D eigenvalue weighted by molar-refractivity contribution is 6.43. The number of ether oxygens (including phenoxy) is 4. The fraction of sp³-hybridized carbons (Fsp3) is 0.190. The molecule has 0 fully saturated rings. The molecule has 0 bridgehead atoms. The number of rotatable bonds is 20. The summed E-state index contributed by atoms with van der Waals surface area (Å²) in [5.41, 5.74) is 1.46. The number of hydrogen-bond acceptors (Lipinski definition) is 10. The number of unbranched alkanes of at least 4 members (excludes halogenated alkanes) is 2. The first kappa shape index (κ1) is 41.8. The summed E-state index contributed by atoms with van der Waals surface area (Å²) in [6.45, 7) is 8.14. The van der Waals surface area contributed by atoms with Gasteiger partial charge in [0.15, 0.2) is 0 Å². The van der Waals surface area contributed by atoms with Crippen LogP contribution in [-0.2, 0) is 28.7 Å². The lowest BCUT2D eigenvalue weighted by molar-refractivity contribution is -0.138. The van der Waals surface area contributed by atoms with E-state index in [1.165, 1.54) is 36.7 Å². The van der Waals surface area contributed by atoms with E-state index in [0.29, 0.717) is 86.1 Å². The van der Waals surface area contributed by atoms with Crippen molar-refractivity contribution in [2.24, 2.45) is 9.98 Å². The van der Waals surface area contributed by atoms with Crippen LogP contribution in [0.2, 0.25) is 0 Å². The van der Waals surface area contributed by atoms with Crippen LogP contribution in [0.4, 0.5) is 31.5 Å². The second-order valence-electron chi connectivity index (χ2n) is 11.7. The maximum atomic E-state index is 14.8. The summed E-state index contributed by atoms with van der Waals surface area (Å²) in [6.07, 6.45) is 7.79. The third-order valence-electron chi connectivity index (χ3n) is 7.52. The van der Waals surface area contributed by atoms with Crippen LogP contribution in [0.1, 0.15) is 36.8 Å². The minimum atomic E-state index is -1.20. The third-order valence-corrected chi connectivity index (χ3v) is 7.52. The maximum absolute atomic E-state index is 14.8. The van der Waals surface area contributed by atoms with Crippen LogP contribution in [0.5, 0.6) is 11.5 Å². The monoisotopic (exact) mass is 766 g/mol. The Labute approximate surface area is 322 Å². The Morgan fingerprint density at radius 2 is 0.929 bits per heavy atom. The van der Waals surface area contributed by atoms with Gasteiger partial charge in [-0.3, -0.25) is 19.6 Å². The first-order valence-electron chi connectivity index (χ1n) is 17.5. The van der Waals surface area contributed by atoms with Crippen LogP contribution in [0.15, 0.2) is 120 Å². The molecule has 0 saturated heterocycles. The first-order chi connectivity index (χ1) is 27.1. The molecule has 4 aromatic rings. The third kappa shape index (κ3) is 14.5. The molecule has 56 heavy (non-hydrogen) atoms. The number of carbonyl (C=O) groups excluding carboxylic acids is 4. The van der Waals surface area contributed by atoms with E-state index in [1.54, 1.807) is 48.5 Å². The number of nitrogens with one attached hydrogen (secondary N) is 2. The Kier molecular flexibility index (Phi) is 16.6. The lowest BCUT2D eigenvalue weighted by atomic mass is 10.2. The predicted molar refractivity (Wildman–Crippen MR) is 209 cm³/mol. The van der Waals surface area contributed by atoms with E-state index in [1.807, 2.05) is 0 Å². The minimum absolute atomic E-state index is 0.252. The maximum Gasteiger partial charge on any atom is 0.330 e. The molecule has 0 heterocycles. The molecule has 0 unspecified atom stereocenters.